The van der Waals surface area contributed by atoms with Gasteiger partial charge in [-0.2, -0.15) is 0 Å². The number of nitrogens with zero attached hydrogens (tertiary/aromatic N) is 1. The number of hydrogen-bond acceptors (Lipinski definition) is 3. The Bertz CT molecular complexity index is 682. The molecule has 1 amide bonds. The Hall–Kier alpha value is -2.14. The van der Waals surface area contributed by atoms with Gasteiger partial charge in [0.15, 0.2) is 0 Å². The molecule has 6 heteroatoms. The molecule has 0 saturated carbocycles. The highest BCUT2D eigenvalue weighted by Gasteiger charge is 2.10. The van der Waals surface area contributed by atoms with Crippen molar-refractivity contribution in [3.05, 3.63) is 62.8 Å². The Morgan fingerprint density at radius 2 is 2.25 bits per heavy atom. The maximum atomic E-state index is 11.9. The van der Waals surface area contributed by atoms with Crippen molar-refractivity contribution in [3.8, 4) is 0 Å². The second-order valence-electron chi connectivity index (χ2n) is 4.34. The predicted molar refractivity (Wildman–Crippen MR) is 77.1 cm³/mol. The topological polar surface area (TPSA) is 74.8 Å². The van der Waals surface area contributed by atoms with E-state index in [9.17, 15) is 9.59 Å². The van der Waals surface area contributed by atoms with Crippen molar-refractivity contribution in [2.45, 2.75) is 13.3 Å². The zero-order valence-electron chi connectivity index (χ0n) is 10.9. The zero-order valence-corrected chi connectivity index (χ0v) is 11.7. The van der Waals surface area contributed by atoms with Gasteiger partial charge >= 0.3 is 0 Å². The Labute approximate surface area is 121 Å². The Morgan fingerprint density at radius 1 is 1.45 bits per heavy atom. The highest BCUT2D eigenvalue weighted by molar-refractivity contribution is 6.30. The van der Waals surface area contributed by atoms with E-state index < -0.39 is 11.5 Å². The molecule has 0 spiro atoms. The molecule has 0 unspecified atom stereocenters. The number of aryl methyl sites for hydroxylation is 1. The summed E-state index contributed by atoms with van der Waals surface area (Å²) in [4.78, 5) is 30.1. The number of carbonyl (C=O) groups excluding carboxylic acids is 1. The van der Waals surface area contributed by atoms with E-state index in [4.69, 9.17) is 11.6 Å². The summed E-state index contributed by atoms with van der Waals surface area (Å²) in [5.74, 6) is -0.443. The van der Waals surface area contributed by atoms with Crippen molar-refractivity contribution >= 4 is 17.5 Å². The number of hydrogen-bond donors (Lipinski definition) is 2. The number of nitrogens with one attached hydrogen (secondary N) is 2. The summed E-state index contributed by atoms with van der Waals surface area (Å²) in [7, 11) is 0. The summed E-state index contributed by atoms with van der Waals surface area (Å²) in [5.41, 5.74) is 1.38. The SMILES string of the molecule is Cc1cccc(CCNC(=O)c2cc(Cl)c[nH]c2=O)n1. The molecule has 2 N–H and O–H groups in total. The molecular weight excluding hydrogens is 278 g/mol. The highest BCUT2D eigenvalue weighted by Crippen LogP contribution is 2.05. The monoisotopic (exact) mass is 291 g/mol. The molecular formula is C14H14ClN3O2. The molecule has 0 aromatic carbocycles. The molecule has 2 rings (SSSR count). The summed E-state index contributed by atoms with van der Waals surface area (Å²) >= 11 is 5.75. The minimum Gasteiger partial charge on any atom is -0.351 e. The third-order valence-electron chi connectivity index (χ3n) is 2.73. The minimum absolute atomic E-state index is 0.00898. The molecule has 0 bridgehead atoms. The molecule has 2 aromatic heterocycles. The van der Waals surface area contributed by atoms with E-state index in [2.05, 4.69) is 15.3 Å². The standard InChI is InChI=1S/C14H14ClN3O2/c1-9-3-2-4-11(18-9)5-6-16-13(19)12-7-10(15)8-17-14(12)20/h2-4,7-8H,5-6H2,1H3,(H,16,19)(H,17,20). The van der Waals surface area contributed by atoms with Crippen molar-refractivity contribution in [2.24, 2.45) is 0 Å². The Balaban J connectivity index is 1.96. The van der Waals surface area contributed by atoms with Gasteiger partial charge in [-0.1, -0.05) is 17.7 Å². The van der Waals surface area contributed by atoms with Gasteiger partial charge in [0.2, 0.25) is 0 Å². The average Bonchev–Trinajstić information content (AvgIpc) is 2.41. The van der Waals surface area contributed by atoms with Gasteiger partial charge in [0, 0.05) is 30.6 Å². The van der Waals surface area contributed by atoms with Crippen molar-refractivity contribution in [1.29, 1.82) is 0 Å². The molecule has 2 heterocycles. The normalized spacial score (nSPS) is 10.3. The van der Waals surface area contributed by atoms with Gasteiger partial charge in [0.1, 0.15) is 5.56 Å². The zero-order chi connectivity index (χ0) is 14.5. The van der Waals surface area contributed by atoms with Crippen molar-refractivity contribution in [3.63, 3.8) is 0 Å². The van der Waals surface area contributed by atoms with Crippen LogP contribution in [0.4, 0.5) is 0 Å². The number of pyridine rings is 2. The first-order valence-electron chi connectivity index (χ1n) is 6.15. The van der Waals surface area contributed by atoms with Crippen LogP contribution < -0.4 is 10.9 Å². The first kappa shape index (κ1) is 14.3. The van der Waals surface area contributed by atoms with Crippen LogP contribution in [0.15, 0.2) is 35.3 Å². The maximum Gasteiger partial charge on any atom is 0.260 e. The van der Waals surface area contributed by atoms with E-state index in [0.717, 1.165) is 11.4 Å². The fraction of sp³-hybridized carbons (Fsp3) is 0.214. The van der Waals surface area contributed by atoms with Gasteiger partial charge in [0.25, 0.3) is 11.5 Å². The second kappa shape index (κ2) is 6.34. The van der Waals surface area contributed by atoms with Crippen molar-refractivity contribution in [2.75, 3.05) is 6.54 Å². The molecule has 0 atom stereocenters. The van der Waals surface area contributed by atoms with Crippen LogP contribution in [-0.4, -0.2) is 22.4 Å². The lowest BCUT2D eigenvalue weighted by atomic mass is 10.2. The van der Waals surface area contributed by atoms with Gasteiger partial charge in [-0.25, -0.2) is 0 Å². The smallest absolute Gasteiger partial charge is 0.260 e. The third-order valence-corrected chi connectivity index (χ3v) is 2.94. The summed E-state index contributed by atoms with van der Waals surface area (Å²) < 4.78 is 0. The van der Waals surface area contributed by atoms with Crippen LogP contribution in [0.1, 0.15) is 21.7 Å². The van der Waals surface area contributed by atoms with Crippen LogP contribution in [0, 0.1) is 6.92 Å². The molecule has 5 nitrogen and oxygen atoms in total. The summed E-state index contributed by atoms with van der Waals surface area (Å²) in [6.45, 7) is 2.31. The molecule has 0 aliphatic heterocycles. The molecule has 0 fully saturated rings. The molecule has 0 radical (unpaired) electrons. The number of aromatic nitrogens is 2. The molecule has 2 aromatic rings. The summed E-state index contributed by atoms with van der Waals surface area (Å²) in [5, 5.41) is 2.99. The first-order chi connectivity index (χ1) is 9.56. The minimum atomic E-state index is -0.458. The van der Waals surface area contributed by atoms with E-state index in [1.807, 2.05) is 25.1 Å². The van der Waals surface area contributed by atoms with Crippen LogP contribution in [0.3, 0.4) is 0 Å². The molecule has 20 heavy (non-hydrogen) atoms. The largest absolute Gasteiger partial charge is 0.351 e. The fourth-order valence-electron chi connectivity index (χ4n) is 1.76. The van der Waals surface area contributed by atoms with Crippen LogP contribution in [0.5, 0.6) is 0 Å². The third kappa shape index (κ3) is 3.68. The lowest BCUT2D eigenvalue weighted by molar-refractivity contribution is 0.0952. The Kier molecular flexibility index (Phi) is 4.53. The quantitative estimate of drug-likeness (QED) is 0.900. The number of aromatic amines is 1. The van der Waals surface area contributed by atoms with E-state index in [1.165, 1.54) is 12.3 Å². The van der Waals surface area contributed by atoms with E-state index in [-0.39, 0.29) is 5.56 Å². The van der Waals surface area contributed by atoms with E-state index in [0.29, 0.717) is 18.0 Å². The predicted octanol–water partition coefficient (Wildman–Crippen LogP) is 1.70. The van der Waals surface area contributed by atoms with Crippen molar-refractivity contribution < 1.29 is 4.79 Å². The van der Waals surface area contributed by atoms with E-state index >= 15 is 0 Å². The molecule has 0 aliphatic rings. The molecule has 0 aliphatic carbocycles. The molecule has 0 saturated heterocycles. The van der Waals surface area contributed by atoms with Crippen LogP contribution in [0.2, 0.25) is 5.02 Å². The number of rotatable bonds is 4. The summed E-state index contributed by atoms with van der Waals surface area (Å²) in [6.07, 6.45) is 1.95. The van der Waals surface area contributed by atoms with Crippen LogP contribution in [0.25, 0.3) is 0 Å². The maximum absolute atomic E-state index is 11.9. The number of halogens is 1. The second-order valence-corrected chi connectivity index (χ2v) is 4.77. The van der Waals surface area contributed by atoms with Gasteiger partial charge in [-0.15, -0.1) is 0 Å². The average molecular weight is 292 g/mol. The molecule has 104 valence electrons. The van der Waals surface area contributed by atoms with Gasteiger partial charge in [-0.05, 0) is 25.1 Å². The summed E-state index contributed by atoms with van der Waals surface area (Å²) in [6, 6.07) is 7.07. The lowest BCUT2D eigenvalue weighted by Crippen LogP contribution is -2.31. The van der Waals surface area contributed by atoms with Crippen LogP contribution in [-0.2, 0) is 6.42 Å². The number of carbonyl (C=O) groups is 1. The van der Waals surface area contributed by atoms with Gasteiger partial charge in [0.05, 0.1) is 5.02 Å². The first-order valence-corrected chi connectivity index (χ1v) is 6.53. The fourth-order valence-corrected chi connectivity index (χ4v) is 1.93. The van der Waals surface area contributed by atoms with Gasteiger partial charge in [-0.3, -0.25) is 14.6 Å². The lowest BCUT2D eigenvalue weighted by Gasteiger charge is -2.05. The van der Waals surface area contributed by atoms with Crippen LogP contribution >= 0.6 is 11.6 Å². The number of amides is 1. The number of H-pyrrole nitrogens is 1. The van der Waals surface area contributed by atoms with Gasteiger partial charge < -0.3 is 10.3 Å². The Morgan fingerprint density at radius 3 is 3.00 bits per heavy atom. The van der Waals surface area contributed by atoms with Crippen molar-refractivity contribution in [1.82, 2.24) is 15.3 Å². The highest BCUT2D eigenvalue weighted by atomic mass is 35.5. The van der Waals surface area contributed by atoms with E-state index in [1.54, 1.807) is 0 Å².